The molecule has 0 aliphatic heterocycles. The van der Waals surface area contributed by atoms with Crippen LogP contribution in [0, 0.1) is 0 Å². The maximum Gasteiger partial charge on any atom is 0.321 e. The van der Waals surface area contributed by atoms with E-state index < -0.39 is 0 Å². The first kappa shape index (κ1) is 13.5. The highest BCUT2D eigenvalue weighted by atomic mass is 16.5. The quantitative estimate of drug-likeness (QED) is 0.830. The van der Waals surface area contributed by atoms with Crippen LogP contribution >= 0.6 is 0 Å². The predicted octanol–water partition coefficient (Wildman–Crippen LogP) is 3.02. The van der Waals surface area contributed by atoms with E-state index in [9.17, 15) is 0 Å². The van der Waals surface area contributed by atoms with Crippen LogP contribution in [-0.4, -0.2) is 23.3 Å². The molecule has 2 aromatic rings. The van der Waals surface area contributed by atoms with Gasteiger partial charge in [0.15, 0.2) is 0 Å². The van der Waals surface area contributed by atoms with Crippen molar-refractivity contribution in [3.8, 4) is 0 Å². The molecular formula is C14H19N3O2. The predicted molar refractivity (Wildman–Crippen MR) is 73.0 cm³/mol. The summed E-state index contributed by atoms with van der Waals surface area (Å²) in [6.07, 6.45) is 0.720. The van der Waals surface area contributed by atoms with E-state index >= 15 is 0 Å². The molecule has 5 heteroatoms. The molecule has 0 aliphatic carbocycles. The normalized spacial score (nSPS) is 12.3. The fourth-order valence-corrected chi connectivity index (χ4v) is 1.76. The molecule has 0 bridgehead atoms. The SMILES string of the molecule is CCCNc1nc(C(OCC)c2ccccc2)no1. The van der Waals surface area contributed by atoms with Gasteiger partial charge in [0.1, 0.15) is 6.10 Å². The third-order valence-corrected chi connectivity index (χ3v) is 2.64. The second-order valence-corrected chi connectivity index (χ2v) is 4.13. The number of aromatic nitrogens is 2. The van der Waals surface area contributed by atoms with Gasteiger partial charge in [-0.25, -0.2) is 0 Å². The smallest absolute Gasteiger partial charge is 0.321 e. The summed E-state index contributed by atoms with van der Waals surface area (Å²) in [6, 6.07) is 10.3. The average molecular weight is 261 g/mol. The van der Waals surface area contributed by atoms with Gasteiger partial charge in [0.25, 0.3) is 0 Å². The van der Waals surface area contributed by atoms with E-state index in [2.05, 4.69) is 22.4 Å². The minimum atomic E-state index is -0.285. The van der Waals surface area contributed by atoms with E-state index in [1.54, 1.807) is 0 Å². The molecule has 5 nitrogen and oxygen atoms in total. The van der Waals surface area contributed by atoms with Crippen LogP contribution < -0.4 is 5.32 Å². The molecular weight excluding hydrogens is 242 g/mol. The van der Waals surface area contributed by atoms with Crippen molar-refractivity contribution in [3.05, 3.63) is 41.7 Å². The van der Waals surface area contributed by atoms with Gasteiger partial charge in [-0.05, 0) is 18.9 Å². The Morgan fingerprint density at radius 3 is 2.74 bits per heavy atom. The van der Waals surface area contributed by atoms with Gasteiger partial charge in [-0.15, -0.1) is 0 Å². The lowest BCUT2D eigenvalue weighted by Crippen LogP contribution is -2.08. The molecule has 0 aliphatic rings. The number of hydrogen-bond donors (Lipinski definition) is 1. The summed E-state index contributed by atoms with van der Waals surface area (Å²) in [5, 5.41) is 7.06. The molecule has 1 atom stereocenters. The van der Waals surface area contributed by atoms with Crippen LogP contribution in [0.3, 0.4) is 0 Å². The van der Waals surface area contributed by atoms with Crippen LogP contribution in [0.1, 0.15) is 37.8 Å². The van der Waals surface area contributed by atoms with E-state index in [0.717, 1.165) is 18.5 Å². The Hall–Kier alpha value is -1.88. The van der Waals surface area contributed by atoms with Crippen molar-refractivity contribution in [3.63, 3.8) is 0 Å². The van der Waals surface area contributed by atoms with Crippen molar-refractivity contribution in [1.82, 2.24) is 10.1 Å². The molecule has 0 saturated carbocycles. The number of nitrogens with one attached hydrogen (secondary N) is 1. The van der Waals surface area contributed by atoms with Crippen LogP contribution in [0.25, 0.3) is 0 Å². The van der Waals surface area contributed by atoms with E-state index in [0.29, 0.717) is 18.4 Å². The second kappa shape index (κ2) is 6.89. The van der Waals surface area contributed by atoms with Crippen molar-refractivity contribution < 1.29 is 9.26 Å². The maximum atomic E-state index is 5.72. The second-order valence-electron chi connectivity index (χ2n) is 4.13. The third kappa shape index (κ3) is 3.54. The number of ether oxygens (including phenoxy) is 1. The van der Waals surface area contributed by atoms with Crippen molar-refractivity contribution in [1.29, 1.82) is 0 Å². The van der Waals surface area contributed by atoms with Gasteiger partial charge in [0.05, 0.1) is 0 Å². The fourth-order valence-electron chi connectivity index (χ4n) is 1.76. The highest BCUT2D eigenvalue weighted by molar-refractivity contribution is 5.25. The van der Waals surface area contributed by atoms with Crippen molar-refractivity contribution >= 4 is 6.01 Å². The largest absolute Gasteiger partial charge is 0.366 e. The monoisotopic (exact) mass is 261 g/mol. The molecule has 1 aromatic heterocycles. The standard InChI is InChI=1S/C14H19N3O2/c1-3-10-15-14-16-13(17-19-14)12(18-4-2)11-8-6-5-7-9-11/h5-9,12H,3-4,10H2,1-2H3,(H,15,16,17). The van der Waals surface area contributed by atoms with Crippen LogP contribution in [0.4, 0.5) is 6.01 Å². The van der Waals surface area contributed by atoms with Gasteiger partial charge in [0, 0.05) is 13.2 Å². The summed E-state index contributed by atoms with van der Waals surface area (Å²) in [5.41, 5.74) is 1.02. The minimum absolute atomic E-state index is 0.285. The van der Waals surface area contributed by atoms with Crippen molar-refractivity contribution in [2.24, 2.45) is 0 Å². The first-order valence-corrected chi connectivity index (χ1v) is 6.59. The molecule has 102 valence electrons. The number of rotatable bonds is 7. The van der Waals surface area contributed by atoms with Crippen molar-refractivity contribution in [2.75, 3.05) is 18.5 Å². The van der Waals surface area contributed by atoms with Crippen LogP contribution in [-0.2, 0) is 4.74 Å². The minimum Gasteiger partial charge on any atom is -0.366 e. The molecule has 1 N–H and O–H groups in total. The highest BCUT2D eigenvalue weighted by Gasteiger charge is 2.20. The topological polar surface area (TPSA) is 60.2 Å². The fraction of sp³-hybridized carbons (Fsp3) is 0.429. The number of hydrogen-bond acceptors (Lipinski definition) is 5. The third-order valence-electron chi connectivity index (χ3n) is 2.64. The molecule has 1 unspecified atom stereocenters. The number of benzene rings is 1. The maximum absolute atomic E-state index is 5.72. The van der Waals surface area contributed by atoms with E-state index in [1.165, 1.54) is 0 Å². The van der Waals surface area contributed by atoms with Gasteiger partial charge < -0.3 is 14.6 Å². The molecule has 1 aromatic carbocycles. The van der Waals surface area contributed by atoms with E-state index in [-0.39, 0.29) is 6.10 Å². The lowest BCUT2D eigenvalue weighted by molar-refractivity contribution is 0.0833. The average Bonchev–Trinajstić information content (AvgIpc) is 2.92. The summed E-state index contributed by atoms with van der Waals surface area (Å²) >= 11 is 0. The molecule has 19 heavy (non-hydrogen) atoms. The first-order valence-electron chi connectivity index (χ1n) is 6.59. The Morgan fingerprint density at radius 1 is 1.26 bits per heavy atom. The molecule has 1 heterocycles. The Labute approximate surface area is 113 Å². The number of nitrogens with zero attached hydrogens (tertiary/aromatic N) is 2. The summed E-state index contributed by atoms with van der Waals surface area (Å²) in [6.45, 7) is 5.43. The van der Waals surface area contributed by atoms with Crippen LogP contribution in [0.5, 0.6) is 0 Å². The summed E-state index contributed by atoms with van der Waals surface area (Å²) in [4.78, 5) is 4.33. The first-order chi connectivity index (χ1) is 9.35. The van der Waals surface area contributed by atoms with Crippen LogP contribution in [0.15, 0.2) is 34.9 Å². The lowest BCUT2D eigenvalue weighted by Gasteiger charge is -2.13. The van der Waals surface area contributed by atoms with E-state index in [1.807, 2.05) is 37.3 Å². The Morgan fingerprint density at radius 2 is 2.05 bits per heavy atom. The molecule has 2 rings (SSSR count). The molecule has 0 spiro atoms. The van der Waals surface area contributed by atoms with Gasteiger partial charge >= 0.3 is 6.01 Å². The van der Waals surface area contributed by atoms with E-state index in [4.69, 9.17) is 9.26 Å². The zero-order valence-corrected chi connectivity index (χ0v) is 11.3. The van der Waals surface area contributed by atoms with Gasteiger partial charge in [-0.1, -0.05) is 42.4 Å². The highest BCUT2D eigenvalue weighted by Crippen LogP contribution is 2.24. The Balaban J connectivity index is 2.17. The number of anilines is 1. The molecule has 0 fully saturated rings. The van der Waals surface area contributed by atoms with Crippen molar-refractivity contribution in [2.45, 2.75) is 26.4 Å². The zero-order valence-electron chi connectivity index (χ0n) is 11.3. The molecule has 0 radical (unpaired) electrons. The Bertz CT molecular complexity index is 484. The van der Waals surface area contributed by atoms with Gasteiger partial charge in [-0.2, -0.15) is 4.98 Å². The summed E-state index contributed by atoms with van der Waals surface area (Å²) in [5.74, 6) is 0.548. The summed E-state index contributed by atoms with van der Waals surface area (Å²) in [7, 11) is 0. The lowest BCUT2D eigenvalue weighted by atomic mass is 10.1. The summed E-state index contributed by atoms with van der Waals surface area (Å²) < 4.78 is 10.9. The molecule has 0 amide bonds. The van der Waals surface area contributed by atoms with Gasteiger partial charge in [-0.3, -0.25) is 0 Å². The Kier molecular flexibility index (Phi) is 4.92. The molecule has 0 saturated heterocycles. The zero-order chi connectivity index (χ0) is 13.5. The van der Waals surface area contributed by atoms with Gasteiger partial charge in [0.2, 0.25) is 5.82 Å². The van der Waals surface area contributed by atoms with Crippen LogP contribution in [0.2, 0.25) is 0 Å².